The highest BCUT2D eigenvalue weighted by atomic mass is 15.4. The van der Waals surface area contributed by atoms with Crippen molar-refractivity contribution in [2.75, 3.05) is 0 Å². The Morgan fingerprint density at radius 3 is 2.78 bits per heavy atom. The summed E-state index contributed by atoms with van der Waals surface area (Å²) in [4.78, 5) is 12.3. The highest BCUT2D eigenvalue weighted by Crippen LogP contribution is 2.18. The van der Waals surface area contributed by atoms with Crippen molar-refractivity contribution in [2.24, 2.45) is 7.05 Å². The lowest BCUT2D eigenvalue weighted by atomic mass is 10.1. The van der Waals surface area contributed by atoms with Crippen molar-refractivity contribution in [3.8, 4) is 11.5 Å². The number of aromatic amines is 1. The summed E-state index contributed by atoms with van der Waals surface area (Å²) in [6.07, 6.45) is 5.52. The highest BCUT2D eigenvalue weighted by molar-refractivity contribution is 5.77. The van der Waals surface area contributed by atoms with Crippen molar-refractivity contribution in [2.45, 2.75) is 20.4 Å². The topological polar surface area (TPSA) is 77.2 Å². The SMILES string of the molecule is Cc1cc2nc(Cn3cc(-c4nccn4C)nn3)[nH]c2cc1C. The van der Waals surface area contributed by atoms with Crippen LogP contribution in [0.25, 0.3) is 22.6 Å². The number of imidazole rings is 2. The van der Waals surface area contributed by atoms with Gasteiger partial charge in [-0.15, -0.1) is 5.10 Å². The van der Waals surface area contributed by atoms with Crippen LogP contribution in [0, 0.1) is 13.8 Å². The fourth-order valence-corrected chi connectivity index (χ4v) is 2.64. The maximum Gasteiger partial charge on any atom is 0.161 e. The van der Waals surface area contributed by atoms with E-state index in [0.717, 1.165) is 28.4 Å². The number of nitrogens with one attached hydrogen (secondary N) is 1. The van der Waals surface area contributed by atoms with Crippen LogP contribution in [0.5, 0.6) is 0 Å². The van der Waals surface area contributed by atoms with Crippen molar-refractivity contribution in [1.82, 2.24) is 34.5 Å². The molecular weight excluding hydrogens is 290 g/mol. The molecule has 0 aliphatic rings. The summed E-state index contributed by atoms with van der Waals surface area (Å²) in [5, 5.41) is 8.35. The minimum Gasteiger partial charge on any atom is -0.340 e. The summed E-state index contributed by atoms with van der Waals surface area (Å²) in [5.41, 5.74) is 5.28. The Morgan fingerprint density at radius 1 is 1.17 bits per heavy atom. The van der Waals surface area contributed by atoms with Crippen LogP contribution >= 0.6 is 0 Å². The number of benzene rings is 1. The summed E-state index contributed by atoms with van der Waals surface area (Å²) >= 11 is 0. The Labute approximate surface area is 133 Å². The molecule has 4 aromatic rings. The number of nitrogens with zero attached hydrogens (tertiary/aromatic N) is 6. The van der Waals surface area contributed by atoms with Gasteiger partial charge in [-0.05, 0) is 37.1 Å². The number of aromatic nitrogens is 7. The molecule has 0 saturated carbocycles. The summed E-state index contributed by atoms with van der Waals surface area (Å²) in [7, 11) is 1.94. The van der Waals surface area contributed by atoms with E-state index in [2.05, 4.69) is 51.2 Å². The Bertz CT molecular complexity index is 950. The molecule has 7 heteroatoms. The Balaban J connectivity index is 1.63. The van der Waals surface area contributed by atoms with Crippen LogP contribution in [0.2, 0.25) is 0 Å². The van der Waals surface area contributed by atoms with Gasteiger partial charge in [-0.1, -0.05) is 5.21 Å². The van der Waals surface area contributed by atoms with Gasteiger partial charge in [-0.3, -0.25) is 0 Å². The predicted octanol–water partition coefficient (Wildman–Crippen LogP) is 2.22. The van der Waals surface area contributed by atoms with Gasteiger partial charge in [-0.25, -0.2) is 14.6 Å². The molecule has 0 radical (unpaired) electrons. The first-order chi connectivity index (χ1) is 11.1. The molecule has 0 saturated heterocycles. The van der Waals surface area contributed by atoms with Crippen molar-refractivity contribution in [3.05, 3.63) is 47.7 Å². The normalized spacial score (nSPS) is 11.4. The molecule has 3 heterocycles. The minimum atomic E-state index is 0.546. The fourth-order valence-electron chi connectivity index (χ4n) is 2.64. The maximum absolute atomic E-state index is 4.63. The molecule has 0 spiro atoms. The van der Waals surface area contributed by atoms with Gasteiger partial charge in [0.2, 0.25) is 0 Å². The van der Waals surface area contributed by atoms with E-state index in [1.54, 1.807) is 10.9 Å². The van der Waals surface area contributed by atoms with Crippen LogP contribution in [0.15, 0.2) is 30.7 Å². The zero-order valence-electron chi connectivity index (χ0n) is 13.3. The predicted molar refractivity (Wildman–Crippen MR) is 86.9 cm³/mol. The van der Waals surface area contributed by atoms with Gasteiger partial charge in [0, 0.05) is 19.4 Å². The molecule has 0 aliphatic carbocycles. The van der Waals surface area contributed by atoms with E-state index in [9.17, 15) is 0 Å². The van der Waals surface area contributed by atoms with E-state index in [1.165, 1.54) is 11.1 Å². The Morgan fingerprint density at radius 2 is 2.00 bits per heavy atom. The van der Waals surface area contributed by atoms with Crippen molar-refractivity contribution in [3.63, 3.8) is 0 Å². The third-order valence-corrected chi connectivity index (χ3v) is 4.05. The third kappa shape index (κ3) is 2.40. The highest BCUT2D eigenvalue weighted by Gasteiger charge is 2.10. The summed E-state index contributed by atoms with van der Waals surface area (Å²) in [6.45, 7) is 4.75. The average molecular weight is 307 g/mol. The molecule has 1 N–H and O–H groups in total. The molecular formula is C16H17N7. The molecule has 0 atom stereocenters. The van der Waals surface area contributed by atoms with Crippen molar-refractivity contribution in [1.29, 1.82) is 0 Å². The van der Waals surface area contributed by atoms with Crippen molar-refractivity contribution < 1.29 is 0 Å². The van der Waals surface area contributed by atoms with Crippen LogP contribution in [0.1, 0.15) is 17.0 Å². The third-order valence-electron chi connectivity index (χ3n) is 4.05. The molecule has 7 nitrogen and oxygen atoms in total. The van der Waals surface area contributed by atoms with E-state index >= 15 is 0 Å². The second-order valence-corrected chi connectivity index (χ2v) is 5.80. The second kappa shape index (κ2) is 5.05. The lowest BCUT2D eigenvalue weighted by molar-refractivity contribution is 0.631. The van der Waals surface area contributed by atoms with E-state index in [1.807, 2.05) is 24.0 Å². The van der Waals surface area contributed by atoms with Crippen LogP contribution in [-0.4, -0.2) is 34.5 Å². The van der Waals surface area contributed by atoms with Gasteiger partial charge >= 0.3 is 0 Å². The first-order valence-corrected chi connectivity index (χ1v) is 7.44. The smallest absolute Gasteiger partial charge is 0.161 e. The number of H-pyrrole nitrogens is 1. The van der Waals surface area contributed by atoms with Crippen LogP contribution in [-0.2, 0) is 13.6 Å². The number of hydrogen-bond donors (Lipinski definition) is 1. The number of hydrogen-bond acceptors (Lipinski definition) is 4. The average Bonchev–Trinajstić information content (AvgIpc) is 3.20. The summed E-state index contributed by atoms with van der Waals surface area (Å²) in [6, 6.07) is 4.23. The number of fused-ring (bicyclic) bond motifs is 1. The molecule has 4 rings (SSSR count). The van der Waals surface area contributed by atoms with E-state index < -0.39 is 0 Å². The number of aryl methyl sites for hydroxylation is 3. The largest absolute Gasteiger partial charge is 0.340 e. The van der Waals surface area contributed by atoms with Gasteiger partial charge in [0.15, 0.2) is 5.82 Å². The van der Waals surface area contributed by atoms with E-state index in [-0.39, 0.29) is 0 Å². The quantitative estimate of drug-likeness (QED) is 0.629. The monoisotopic (exact) mass is 307 g/mol. The zero-order chi connectivity index (χ0) is 16.0. The first-order valence-electron chi connectivity index (χ1n) is 7.44. The molecule has 0 amide bonds. The standard InChI is InChI=1S/C16H17N7/c1-10-6-12-13(7-11(10)2)19-15(18-12)9-23-8-14(20-21-23)16-17-4-5-22(16)3/h4-8H,9H2,1-3H3,(H,18,19). The van der Waals surface area contributed by atoms with Gasteiger partial charge in [-0.2, -0.15) is 0 Å². The molecule has 23 heavy (non-hydrogen) atoms. The molecule has 116 valence electrons. The van der Waals surface area contributed by atoms with Gasteiger partial charge in [0.25, 0.3) is 0 Å². The van der Waals surface area contributed by atoms with Crippen molar-refractivity contribution >= 4 is 11.0 Å². The molecule has 0 fully saturated rings. The summed E-state index contributed by atoms with van der Waals surface area (Å²) in [5.74, 6) is 1.66. The molecule has 1 aromatic carbocycles. The van der Waals surface area contributed by atoms with Gasteiger partial charge in [0.05, 0.1) is 17.2 Å². The zero-order valence-corrected chi connectivity index (χ0v) is 13.3. The molecule has 0 bridgehead atoms. The van der Waals surface area contributed by atoms with Crippen LogP contribution in [0.3, 0.4) is 0 Å². The second-order valence-electron chi connectivity index (χ2n) is 5.80. The maximum atomic E-state index is 4.63. The number of rotatable bonds is 3. The van der Waals surface area contributed by atoms with Gasteiger partial charge < -0.3 is 9.55 Å². The lowest BCUT2D eigenvalue weighted by Gasteiger charge is -1.97. The van der Waals surface area contributed by atoms with Gasteiger partial charge in [0.1, 0.15) is 18.1 Å². The van der Waals surface area contributed by atoms with Crippen LogP contribution < -0.4 is 0 Å². The minimum absolute atomic E-state index is 0.546. The van der Waals surface area contributed by atoms with Crippen LogP contribution in [0.4, 0.5) is 0 Å². The van der Waals surface area contributed by atoms with E-state index in [0.29, 0.717) is 6.54 Å². The first kappa shape index (κ1) is 13.7. The fraction of sp³-hybridized carbons (Fsp3) is 0.250. The Kier molecular flexibility index (Phi) is 3.00. The lowest BCUT2D eigenvalue weighted by Crippen LogP contribution is -2.02. The summed E-state index contributed by atoms with van der Waals surface area (Å²) < 4.78 is 3.68. The molecule has 3 aromatic heterocycles. The molecule has 0 unspecified atom stereocenters. The Hall–Kier alpha value is -2.96. The molecule has 0 aliphatic heterocycles. The van der Waals surface area contributed by atoms with E-state index in [4.69, 9.17) is 0 Å².